The number of ether oxygens (including phenoxy) is 1. The van der Waals surface area contributed by atoms with Crippen molar-refractivity contribution in [2.24, 2.45) is 11.8 Å². The molecular weight excluding hydrogens is 769 g/mol. The van der Waals surface area contributed by atoms with E-state index in [1.807, 2.05) is 32.2 Å². The standard InChI is InChI=1S/C45H62N6O7S/c1-6-7-9-14-33-26-35-32(15-12-17-36(35)49-42(33)46)16-13-23-47-45(57)58-28-31-19-21-34(22-20-31)48-43(55)30(4)25-37(52)41(29(2)3)50-39(53)18-10-8-11-24-51-40(54)27-38(59-5)44(51)56/h12,15,17,19-22,26,29-30,38,41H,6-11,13-14,16,18,23-25,27-28H2,1-5H3,(H2,46,49)(H,47,57)(H,48,55)(H,50,53)/t30-,38?,41+/m1/s1. The summed E-state index contributed by atoms with van der Waals surface area (Å²) in [5.74, 6) is -1.31. The molecule has 1 unspecified atom stereocenters. The fourth-order valence-electron chi connectivity index (χ4n) is 7.11. The number of carbonyl (C=O) groups excluding carboxylic acids is 6. The minimum atomic E-state index is -0.729. The quantitative estimate of drug-likeness (QED) is 0.0534. The van der Waals surface area contributed by atoms with Gasteiger partial charge in [-0.15, -0.1) is 0 Å². The smallest absolute Gasteiger partial charge is 0.407 e. The van der Waals surface area contributed by atoms with Crippen LogP contribution in [-0.2, 0) is 48.2 Å². The summed E-state index contributed by atoms with van der Waals surface area (Å²) >= 11 is 1.39. The summed E-state index contributed by atoms with van der Waals surface area (Å²) in [6, 6.07) is 14.4. The number of aromatic nitrogens is 1. The molecule has 3 atom stereocenters. The van der Waals surface area contributed by atoms with Crippen molar-refractivity contribution in [1.29, 1.82) is 0 Å². The van der Waals surface area contributed by atoms with Gasteiger partial charge in [0, 0.05) is 49.3 Å². The average molecular weight is 831 g/mol. The van der Waals surface area contributed by atoms with E-state index in [-0.39, 0.29) is 66.4 Å². The van der Waals surface area contributed by atoms with Crippen LogP contribution < -0.4 is 21.7 Å². The highest BCUT2D eigenvalue weighted by Gasteiger charge is 2.37. The summed E-state index contributed by atoms with van der Waals surface area (Å²) in [5, 5.41) is 9.30. The van der Waals surface area contributed by atoms with E-state index in [1.54, 1.807) is 31.2 Å². The Balaban J connectivity index is 1.13. The molecular formula is C45H62N6O7S. The van der Waals surface area contributed by atoms with Gasteiger partial charge in [0.2, 0.25) is 23.6 Å². The Morgan fingerprint density at radius 1 is 0.949 bits per heavy atom. The fourth-order valence-corrected chi connectivity index (χ4v) is 7.74. The van der Waals surface area contributed by atoms with Crippen molar-refractivity contribution in [2.75, 3.05) is 30.4 Å². The van der Waals surface area contributed by atoms with Crippen LogP contribution in [-0.4, -0.2) is 76.0 Å². The molecule has 3 aromatic rings. The number of pyridine rings is 1. The van der Waals surface area contributed by atoms with Gasteiger partial charge in [-0.1, -0.05) is 71.2 Å². The van der Waals surface area contributed by atoms with Crippen LogP contribution in [0.2, 0.25) is 0 Å². The number of aryl methyl sites for hydroxylation is 2. The maximum Gasteiger partial charge on any atom is 0.407 e. The van der Waals surface area contributed by atoms with Crippen LogP contribution in [0.25, 0.3) is 10.9 Å². The number of hydrogen-bond acceptors (Lipinski definition) is 10. The molecule has 2 heterocycles. The lowest BCUT2D eigenvalue weighted by Crippen LogP contribution is -2.45. The number of thioether (sulfide) groups is 1. The number of Topliss-reactive ketones (excluding diaryl/α,β-unsaturated/α-hetero) is 1. The predicted molar refractivity (Wildman–Crippen MR) is 234 cm³/mol. The van der Waals surface area contributed by atoms with Crippen LogP contribution in [0.15, 0.2) is 48.5 Å². The van der Waals surface area contributed by atoms with Crippen molar-refractivity contribution in [3.8, 4) is 0 Å². The monoisotopic (exact) mass is 830 g/mol. The van der Waals surface area contributed by atoms with Gasteiger partial charge >= 0.3 is 6.09 Å². The molecule has 1 fully saturated rings. The van der Waals surface area contributed by atoms with Crippen LogP contribution >= 0.6 is 11.8 Å². The molecule has 5 amide bonds. The molecule has 1 saturated heterocycles. The van der Waals surface area contributed by atoms with Crippen LogP contribution in [0, 0.1) is 11.8 Å². The second-order valence-electron chi connectivity index (χ2n) is 15.7. The van der Waals surface area contributed by atoms with E-state index in [9.17, 15) is 28.8 Å². The summed E-state index contributed by atoms with van der Waals surface area (Å²) in [5.41, 5.74) is 10.6. The van der Waals surface area contributed by atoms with Crippen molar-refractivity contribution in [3.05, 3.63) is 65.2 Å². The lowest BCUT2D eigenvalue weighted by Gasteiger charge is -2.23. The van der Waals surface area contributed by atoms with Gasteiger partial charge < -0.3 is 26.4 Å². The van der Waals surface area contributed by atoms with Crippen LogP contribution in [0.3, 0.4) is 0 Å². The van der Waals surface area contributed by atoms with Gasteiger partial charge in [-0.3, -0.25) is 28.9 Å². The molecule has 1 aliphatic rings. The van der Waals surface area contributed by atoms with Crippen LogP contribution in [0.5, 0.6) is 0 Å². The Morgan fingerprint density at radius 2 is 1.69 bits per heavy atom. The molecule has 5 N–H and O–H groups in total. The Hall–Kier alpha value is -4.98. The van der Waals surface area contributed by atoms with Gasteiger partial charge in [0.1, 0.15) is 12.4 Å². The lowest BCUT2D eigenvalue weighted by molar-refractivity contribution is -0.138. The summed E-state index contributed by atoms with van der Waals surface area (Å²) in [6.07, 6.45) is 9.34. The second-order valence-corrected chi connectivity index (χ2v) is 16.8. The molecule has 0 radical (unpaired) electrons. The average Bonchev–Trinajstić information content (AvgIpc) is 3.49. The van der Waals surface area contributed by atoms with Gasteiger partial charge in [-0.05, 0) is 91.7 Å². The zero-order valence-corrected chi connectivity index (χ0v) is 36.1. The number of anilines is 2. The normalized spacial score (nSPS) is 15.0. The maximum atomic E-state index is 13.2. The Morgan fingerprint density at radius 3 is 2.39 bits per heavy atom. The number of ketones is 1. The number of benzene rings is 2. The van der Waals surface area contributed by atoms with Gasteiger partial charge in [-0.2, -0.15) is 11.8 Å². The molecule has 1 aliphatic heterocycles. The van der Waals surface area contributed by atoms with E-state index in [4.69, 9.17) is 10.5 Å². The van der Waals surface area contributed by atoms with Gasteiger partial charge in [0.15, 0.2) is 5.78 Å². The van der Waals surface area contributed by atoms with E-state index in [1.165, 1.54) is 16.7 Å². The number of nitrogens with one attached hydrogen (secondary N) is 3. The summed E-state index contributed by atoms with van der Waals surface area (Å²) < 4.78 is 5.41. The minimum absolute atomic E-state index is 0.0424. The number of carbonyl (C=O) groups is 6. The molecule has 2 aromatic carbocycles. The molecule has 320 valence electrons. The zero-order valence-electron chi connectivity index (χ0n) is 35.3. The number of amides is 5. The number of imide groups is 1. The third-order valence-corrected chi connectivity index (χ3v) is 11.6. The predicted octanol–water partition coefficient (Wildman–Crippen LogP) is 7.13. The van der Waals surface area contributed by atoms with E-state index in [0.29, 0.717) is 43.9 Å². The third kappa shape index (κ3) is 14.4. The van der Waals surface area contributed by atoms with Crippen molar-refractivity contribution >= 4 is 69.7 Å². The highest BCUT2D eigenvalue weighted by molar-refractivity contribution is 8.00. The molecule has 59 heavy (non-hydrogen) atoms. The number of nitrogens with zero attached hydrogens (tertiary/aromatic N) is 2. The largest absolute Gasteiger partial charge is 0.445 e. The number of rotatable bonds is 24. The van der Waals surface area contributed by atoms with Crippen molar-refractivity contribution in [1.82, 2.24) is 20.5 Å². The summed E-state index contributed by atoms with van der Waals surface area (Å²) in [4.78, 5) is 81.7. The van der Waals surface area contributed by atoms with Crippen LogP contribution in [0.4, 0.5) is 16.3 Å². The number of unbranched alkanes of at least 4 members (excludes halogenated alkanes) is 4. The number of alkyl carbamates (subject to hydrolysis) is 1. The summed E-state index contributed by atoms with van der Waals surface area (Å²) in [6.45, 7) is 8.41. The number of likely N-dealkylation sites (tertiary alicyclic amines) is 1. The first-order valence-electron chi connectivity index (χ1n) is 21.0. The van der Waals surface area contributed by atoms with Gasteiger partial charge in [-0.25, -0.2) is 9.78 Å². The number of nitrogen functional groups attached to an aromatic ring is 1. The summed E-state index contributed by atoms with van der Waals surface area (Å²) in [7, 11) is 0. The van der Waals surface area contributed by atoms with E-state index in [2.05, 4.69) is 40.0 Å². The molecule has 0 saturated carbocycles. The third-order valence-electron chi connectivity index (χ3n) is 10.7. The topological polar surface area (TPSA) is 190 Å². The Kier molecular flexibility index (Phi) is 18.7. The highest BCUT2D eigenvalue weighted by atomic mass is 32.2. The maximum absolute atomic E-state index is 13.2. The number of nitrogens with two attached hydrogens (primary N) is 1. The highest BCUT2D eigenvalue weighted by Crippen LogP contribution is 2.25. The van der Waals surface area contributed by atoms with E-state index < -0.39 is 18.1 Å². The van der Waals surface area contributed by atoms with Crippen molar-refractivity contribution in [3.63, 3.8) is 0 Å². The first-order chi connectivity index (χ1) is 28.3. The van der Waals surface area contributed by atoms with Crippen molar-refractivity contribution in [2.45, 2.75) is 123 Å². The van der Waals surface area contributed by atoms with Gasteiger partial charge in [0.25, 0.3) is 0 Å². The minimum Gasteiger partial charge on any atom is -0.445 e. The van der Waals surface area contributed by atoms with Crippen LogP contribution in [0.1, 0.15) is 109 Å². The van der Waals surface area contributed by atoms with E-state index in [0.717, 1.165) is 66.1 Å². The Bertz CT molecular complexity index is 1920. The SMILES string of the molecule is CCCCCc1cc2c(CCCNC(=O)OCc3ccc(NC(=O)[C@H](C)CC(=O)[C@@H](NC(=O)CCCCCN4C(=O)CC(SC)C4=O)C(C)C)cc3)cccc2nc1N. The molecule has 1 aromatic heterocycles. The molecule has 0 aliphatic carbocycles. The first-order valence-corrected chi connectivity index (χ1v) is 22.3. The second kappa shape index (κ2) is 23.6. The van der Waals surface area contributed by atoms with E-state index >= 15 is 0 Å². The molecule has 13 nitrogen and oxygen atoms in total. The van der Waals surface area contributed by atoms with Crippen molar-refractivity contribution < 1.29 is 33.5 Å². The molecule has 0 spiro atoms. The molecule has 14 heteroatoms. The number of hydrogen-bond donors (Lipinski definition) is 4. The molecule has 4 rings (SSSR count). The first kappa shape index (κ1) is 46.7. The Labute approximate surface area is 352 Å². The lowest BCUT2D eigenvalue weighted by atomic mass is 9.92. The van der Waals surface area contributed by atoms with Gasteiger partial charge in [0.05, 0.1) is 16.8 Å². The number of fused-ring (bicyclic) bond motifs is 1. The zero-order chi connectivity index (χ0) is 42.9. The fraction of sp³-hybridized carbons (Fsp3) is 0.533. The molecule has 0 bridgehead atoms.